The Morgan fingerprint density at radius 1 is 1.32 bits per heavy atom. The van der Waals surface area contributed by atoms with Gasteiger partial charge >= 0.3 is 0 Å². The summed E-state index contributed by atoms with van der Waals surface area (Å²) in [6.45, 7) is 3.13. The van der Waals surface area contributed by atoms with Gasteiger partial charge in [0.2, 0.25) is 0 Å². The quantitative estimate of drug-likeness (QED) is 0.818. The van der Waals surface area contributed by atoms with Crippen molar-refractivity contribution in [1.29, 1.82) is 0 Å². The van der Waals surface area contributed by atoms with Gasteiger partial charge in [0.1, 0.15) is 6.54 Å². The molecule has 2 rings (SSSR count). The Morgan fingerprint density at radius 2 is 2.09 bits per heavy atom. The molecule has 0 saturated carbocycles. The van der Waals surface area contributed by atoms with Crippen molar-refractivity contribution in [3.8, 4) is 0 Å². The maximum absolute atomic E-state index is 12.1. The largest absolute Gasteiger partial charge is 0.344 e. The topological polar surface area (TPSA) is 33.5 Å². The van der Waals surface area contributed by atoms with Crippen LogP contribution in [-0.2, 0) is 11.3 Å². The first-order valence-electron chi connectivity index (χ1n) is 7.03. The Kier molecular flexibility index (Phi) is 6.26. The highest BCUT2D eigenvalue weighted by Crippen LogP contribution is 2.22. The number of thiophene rings is 1. The van der Waals surface area contributed by atoms with Gasteiger partial charge in [-0.1, -0.05) is 35.3 Å². The zero-order valence-electron chi connectivity index (χ0n) is 12.5. The fourth-order valence-corrected chi connectivity index (χ4v) is 3.29. The first-order valence-corrected chi connectivity index (χ1v) is 8.67. The molecule has 1 unspecified atom stereocenters. The van der Waals surface area contributed by atoms with Crippen molar-refractivity contribution in [3.05, 3.63) is 56.2 Å². The highest BCUT2D eigenvalue weighted by molar-refractivity contribution is 7.10. The van der Waals surface area contributed by atoms with Gasteiger partial charge in [-0.2, -0.15) is 0 Å². The minimum atomic E-state index is 0.0402. The van der Waals surface area contributed by atoms with Gasteiger partial charge in [-0.3, -0.25) is 4.79 Å². The second-order valence-electron chi connectivity index (χ2n) is 5.36. The lowest BCUT2D eigenvalue weighted by Crippen LogP contribution is -3.08. The molecule has 1 heterocycles. The molecular weight excluding hydrogens is 339 g/mol. The van der Waals surface area contributed by atoms with Crippen LogP contribution in [0.25, 0.3) is 0 Å². The Balaban J connectivity index is 1.84. The summed E-state index contributed by atoms with van der Waals surface area (Å²) in [4.78, 5) is 14.4. The number of amides is 1. The maximum atomic E-state index is 12.1. The van der Waals surface area contributed by atoms with Gasteiger partial charge in [0, 0.05) is 10.4 Å². The SMILES string of the molecule is C[C@@H](NC(=O)C[NH+](C)Cc1ccc(Cl)c(Cl)c1)c1cccs1. The zero-order chi connectivity index (χ0) is 16.1. The van der Waals surface area contributed by atoms with Crippen LogP contribution in [0, 0.1) is 0 Å². The second-order valence-corrected chi connectivity index (χ2v) is 7.16. The van der Waals surface area contributed by atoms with Gasteiger partial charge in [0.25, 0.3) is 5.91 Å². The molecule has 2 N–H and O–H groups in total. The number of rotatable bonds is 6. The number of carbonyl (C=O) groups excluding carboxylic acids is 1. The normalized spacial score (nSPS) is 13.6. The van der Waals surface area contributed by atoms with E-state index in [0.29, 0.717) is 16.6 Å². The van der Waals surface area contributed by atoms with Gasteiger partial charge in [0.15, 0.2) is 6.54 Å². The molecule has 1 amide bonds. The summed E-state index contributed by atoms with van der Waals surface area (Å²) < 4.78 is 0. The Morgan fingerprint density at radius 3 is 2.73 bits per heavy atom. The van der Waals surface area contributed by atoms with E-state index in [1.165, 1.54) is 0 Å². The molecule has 0 spiro atoms. The molecule has 3 nitrogen and oxygen atoms in total. The highest BCUT2D eigenvalue weighted by atomic mass is 35.5. The van der Waals surface area contributed by atoms with E-state index in [2.05, 4.69) is 5.32 Å². The highest BCUT2D eigenvalue weighted by Gasteiger charge is 2.15. The molecule has 1 aromatic heterocycles. The van der Waals surface area contributed by atoms with Crippen LogP contribution in [0.2, 0.25) is 10.0 Å². The maximum Gasteiger partial charge on any atom is 0.275 e. The summed E-state index contributed by atoms with van der Waals surface area (Å²) in [5, 5.41) is 6.13. The van der Waals surface area contributed by atoms with Crippen LogP contribution in [0.15, 0.2) is 35.7 Å². The second kappa shape index (κ2) is 7.97. The molecule has 0 fully saturated rings. The molecule has 1 aromatic carbocycles. The molecular formula is C16H19Cl2N2OS+. The predicted molar refractivity (Wildman–Crippen MR) is 92.8 cm³/mol. The van der Waals surface area contributed by atoms with E-state index in [1.54, 1.807) is 17.4 Å². The summed E-state index contributed by atoms with van der Waals surface area (Å²) in [7, 11) is 1.98. The van der Waals surface area contributed by atoms with Crippen LogP contribution >= 0.6 is 34.5 Å². The van der Waals surface area contributed by atoms with E-state index in [0.717, 1.165) is 21.9 Å². The molecule has 0 radical (unpaired) electrons. The third-order valence-electron chi connectivity index (χ3n) is 3.30. The van der Waals surface area contributed by atoms with Crippen LogP contribution < -0.4 is 10.2 Å². The van der Waals surface area contributed by atoms with E-state index in [4.69, 9.17) is 23.2 Å². The standard InChI is InChI=1S/C16H18Cl2N2OS/c1-11(15-4-3-7-22-15)19-16(21)10-20(2)9-12-5-6-13(17)14(18)8-12/h3-8,11H,9-10H2,1-2H3,(H,19,21)/p+1/t11-/m1/s1. The number of halogens is 2. The van der Waals surface area contributed by atoms with Crippen LogP contribution in [0.1, 0.15) is 23.4 Å². The number of hydrogen-bond acceptors (Lipinski definition) is 2. The molecule has 118 valence electrons. The number of nitrogens with one attached hydrogen (secondary N) is 2. The number of benzene rings is 1. The monoisotopic (exact) mass is 357 g/mol. The molecule has 2 aromatic rings. The predicted octanol–water partition coefficient (Wildman–Crippen LogP) is 2.95. The van der Waals surface area contributed by atoms with Crippen molar-refractivity contribution in [3.63, 3.8) is 0 Å². The van der Waals surface area contributed by atoms with E-state index in [9.17, 15) is 4.79 Å². The summed E-state index contributed by atoms with van der Waals surface area (Å²) in [5.41, 5.74) is 1.06. The molecule has 2 atom stereocenters. The van der Waals surface area contributed by atoms with Crippen molar-refractivity contribution < 1.29 is 9.69 Å². The van der Waals surface area contributed by atoms with Crippen LogP contribution in [0.4, 0.5) is 0 Å². The molecule has 0 aliphatic rings. The van der Waals surface area contributed by atoms with Crippen molar-refractivity contribution in [2.45, 2.75) is 19.5 Å². The third kappa shape index (κ3) is 4.99. The van der Waals surface area contributed by atoms with E-state index >= 15 is 0 Å². The van der Waals surface area contributed by atoms with Crippen LogP contribution in [0.3, 0.4) is 0 Å². The third-order valence-corrected chi connectivity index (χ3v) is 5.09. The summed E-state index contributed by atoms with van der Waals surface area (Å²) >= 11 is 13.6. The number of hydrogen-bond donors (Lipinski definition) is 2. The van der Waals surface area contributed by atoms with Crippen molar-refractivity contribution in [1.82, 2.24) is 5.32 Å². The van der Waals surface area contributed by atoms with Gasteiger partial charge in [-0.15, -0.1) is 11.3 Å². The van der Waals surface area contributed by atoms with Gasteiger partial charge in [-0.05, 0) is 30.5 Å². The van der Waals surface area contributed by atoms with Crippen LogP contribution in [0.5, 0.6) is 0 Å². The Hall–Kier alpha value is -1.07. The molecule has 0 bridgehead atoms. The van der Waals surface area contributed by atoms with E-state index in [-0.39, 0.29) is 11.9 Å². The van der Waals surface area contributed by atoms with Crippen molar-refractivity contribution in [2.24, 2.45) is 0 Å². The molecule has 0 saturated heterocycles. The number of quaternary nitrogens is 1. The molecule has 6 heteroatoms. The fraction of sp³-hybridized carbons (Fsp3) is 0.312. The van der Waals surface area contributed by atoms with Crippen LogP contribution in [-0.4, -0.2) is 19.5 Å². The minimum Gasteiger partial charge on any atom is -0.344 e. The summed E-state index contributed by atoms with van der Waals surface area (Å²) in [6, 6.07) is 9.63. The Labute approximate surface area is 144 Å². The minimum absolute atomic E-state index is 0.0402. The molecule has 0 aliphatic heterocycles. The number of likely N-dealkylation sites (N-methyl/N-ethyl adjacent to an activating group) is 1. The number of carbonyl (C=O) groups is 1. The lowest BCUT2D eigenvalue weighted by atomic mass is 10.2. The van der Waals surface area contributed by atoms with Crippen molar-refractivity contribution >= 4 is 40.4 Å². The van der Waals surface area contributed by atoms with Gasteiger partial charge < -0.3 is 10.2 Å². The lowest BCUT2D eigenvalue weighted by Gasteiger charge is -2.16. The zero-order valence-corrected chi connectivity index (χ0v) is 14.9. The smallest absolute Gasteiger partial charge is 0.275 e. The first-order chi connectivity index (χ1) is 10.5. The first kappa shape index (κ1) is 17.3. The molecule has 22 heavy (non-hydrogen) atoms. The summed E-state index contributed by atoms with van der Waals surface area (Å²) in [5.74, 6) is 0.0402. The molecule has 0 aliphatic carbocycles. The average molecular weight is 358 g/mol. The Bertz CT molecular complexity index is 631. The average Bonchev–Trinajstić information content (AvgIpc) is 2.96. The summed E-state index contributed by atoms with van der Waals surface area (Å²) in [6.07, 6.45) is 0. The van der Waals surface area contributed by atoms with Gasteiger partial charge in [0.05, 0.1) is 23.1 Å². The fourth-order valence-electron chi connectivity index (χ4n) is 2.24. The van der Waals surface area contributed by atoms with Gasteiger partial charge in [-0.25, -0.2) is 0 Å². The lowest BCUT2D eigenvalue weighted by molar-refractivity contribution is -0.885. The van der Waals surface area contributed by atoms with E-state index < -0.39 is 0 Å². The van der Waals surface area contributed by atoms with E-state index in [1.807, 2.05) is 43.6 Å². The van der Waals surface area contributed by atoms with Crippen molar-refractivity contribution in [2.75, 3.05) is 13.6 Å².